The van der Waals surface area contributed by atoms with Gasteiger partial charge in [-0.2, -0.15) is 0 Å². The van der Waals surface area contributed by atoms with E-state index in [4.69, 9.17) is 0 Å². The molecular formula is C28H40O2. The molecule has 7 atom stereocenters. The molecule has 4 aliphatic rings. The van der Waals surface area contributed by atoms with Crippen LogP contribution in [0.2, 0.25) is 0 Å². The summed E-state index contributed by atoms with van der Waals surface area (Å²) in [5.41, 5.74) is 2.38. The monoisotopic (exact) mass is 408 g/mol. The van der Waals surface area contributed by atoms with E-state index in [1.165, 1.54) is 24.8 Å². The van der Waals surface area contributed by atoms with E-state index >= 15 is 0 Å². The van der Waals surface area contributed by atoms with Crippen molar-refractivity contribution < 1.29 is 9.59 Å². The molecule has 0 heterocycles. The lowest BCUT2D eigenvalue weighted by atomic mass is 9.49. The Kier molecular flexibility index (Phi) is 5.52. The van der Waals surface area contributed by atoms with E-state index in [1.54, 1.807) is 6.08 Å². The van der Waals surface area contributed by atoms with Crippen LogP contribution >= 0.6 is 0 Å². The molecule has 0 saturated heterocycles. The highest BCUT2D eigenvalue weighted by molar-refractivity contribution is 6.11. The van der Waals surface area contributed by atoms with Crippen LogP contribution in [0.25, 0.3) is 0 Å². The number of ketones is 2. The first kappa shape index (κ1) is 21.8. The molecule has 0 aromatic carbocycles. The number of rotatable bonds is 4. The van der Waals surface area contributed by atoms with E-state index in [2.05, 4.69) is 53.7 Å². The van der Waals surface area contributed by atoms with Crippen LogP contribution in [0.15, 0.2) is 35.5 Å². The van der Waals surface area contributed by atoms with Gasteiger partial charge in [0.1, 0.15) is 0 Å². The van der Waals surface area contributed by atoms with Crippen LogP contribution < -0.4 is 0 Å². The minimum atomic E-state index is -0.132. The van der Waals surface area contributed by atoms with Crippen molar-refractivity contribution in [3.8, 4) is 0 Å². The first-order valence-corrected chi connectivity index (χ1v) is 12.3. The van der Waals surface area contributed by atoms with E-state index in [-0.39, 0.29) is 22.4 Å². The summed E-state index contributed by atoms with van der Waals surface area (Å²) in [6.45, 7) is 14.1. The maximum absolute atomic E-state index is 13.1. The first-order chi connectivity index (χ1) is 14.1. The average Bonchev–Trinajstić information content (AvgIpc) is 3.04. The molecule has 0 bridgehead atoms. The highest BCUT2D eigenvalue weighted by Gasteiger charge is 2.58. The minimum Gasteiger partial charge on any atom is -0.295 e. The normalized spacial score (nSPS) is 40.6. The minimum absolute atomic E-state index is 0.114. The van der Waals surface area contributed by atoms with Crippen LogP contribution in [-0.2, 0) is 9.59 Å². The zero-order chi connectivity index (χ0) is 21.8. The quantitative estimate of drug-likeness (QED) is 0.484. The summed E-state index contributed by atoms with van der Waals surface area (Å²) in [5.74, 6) is 3.78. The Morgan fingerprint density at radius 2 is 1.67 bits per heavy atom. The Morgan fingerprint density at radius 3 is 2.37 bits per heavy atom. The van der Waals surface area contributed by atoms with Crippen molar-refractivity contribution in [1.82, 2.24) is 0 Å². The number of allylic oxidation sites excluding steroid dienone is 6. The number of hydrogen-bond acceptors (Lipinski definition) is 2. The second-order valence-corrected chi connectivity index (χ2v) is 11.6. The molecule has 0 amide bonds. The third kappa shape index (κ3) is 3.30. The van der Waals surface area contributed by atoms with Crippen molar-refractivity contribution in [2.75, 3.05) is 0 Å². The smallest absolute Gasteiger partial charge is 0.182 e. The molecule has 2 heteroatoms. The van der Waals surface area contributed by atoms with E-state index in [0.29, 0.717) is 41.9 Å². The lowest BCUT2D eigenvalue weighted by Crippen LogP contribution is -2.48. The summed E-state index contributed by atoms with van der Waals surface area (Å²) in [7, 11) is 0. The highest BCUT2D eigenvalue weighted by atomic mass is 16.1. The van der Waals surface area contributed by atoms with Gasteiger partial charge in [-0.1, -0.05) is 59.3 Å². The number of carbonyl (C=O) groups excluding carboxylic acids is 2. The molecule has 2 nitrogen and oxygen atoms in total. The molecule has 0 radical (unpaired) electrons. The molecule has 0 aromatic heterocycles. The van der Waals surface area contributed by atoms with E-state index < -0.39 is 0 Å². The third-order valence-electron chi connectivity index (χ3n) is 9.73. The molecule has 4 aliphatic carbocycles. The number of hydrogen-bond donors (Lipinski definition) is 0. The molecule has 0 aromatic rings. The Bertz CT molecular complexity index is 828. The van der Waals surface area contributed by atoms with Crippen LogP contribution in [0.3, 0.4) is 0 Å². The molecule has 2 fully saturated rings. The van der Waals surface area contributed by atoms with Gasteiger partial charge < -0.3 is 0 Å². The standard InChI is InChI=1S/C28H40O2/c1-17(2)18(3)7-8-19(4)22-9-10-23-21-16-26(30)25-15-20(29)11-13-28(25,6)24(21)12-14-27(22,23)5/h7-8,15-19,22-24H,9-14H2,1-6H3/b8-7+/t18-,19+,22+,23-,24-,27+,28+/m0/s1. The topological polar surface area (TPSA) is 34.1 Å². The van der Waals surface area contributed by atoms with Gasteiger partial charge >= 0.3 is 0 Å². The summed E-state index contributed by atoms with van der Waals surface area (Å²) in [5, 5.41) is 0. The van der Waals surface area contributed by atoms with Gasteiger partial charge in [-0.05, 0) is 85.2 Å². The number of fused-ring (bicyclic) bond motifs is 5. The zero-order valence-corrected chi connectivity index (χ0v) is 19.8. The van der Waals surface area contributed by atoms with Gasteiger partial charge in [-0.25, -0.2) is 0 Å². The second kappa shape index (κ2) is 7.61. The maximum atomic E-state index is 13.1. The van der Waals surface area contributed by atoms with Crippen LogP contribution in [0.4, 0.5) is 0 Å². The van der Waals surface area contributed by atoms with Crippen molar-refractivity contribution in [1.29, 1.82) is 0 Å². The van der Waals surface area contributed by atoms with Gasteiger partial charge in [0.15, 0.2) is 11.6 Å². The summed E-state index contributed by atoms with van der Waals surface area (Å²) in [4.78, 5) is 25.1. The predicted molar refractivity (Wildman–Crippen MR) is 123 cm³/mol. The summed E-state index contributed by atoms with van der Waals surface area (Å²) in [6, 6.07) is 0. The largest absolute Gasteiger partial charge is 0.295 e. The van der Waals surface area contributed by atoms with E-state index in [0.717, 1.165) is 18.4 Å². The molecule has 4 rings (SSSR count). The molecule has 164 valence electrons. The average molecular weight is 409 g/mol. The van der Waals surface area contributed by atoms with Crippen molar-refractivity contribution in [2.45, 2.75) is 80.1 Å². The lowest BCUT2D eigenvalue weighted by Gasteiger charge is -2.54. The molecule has 0 N–H and O–H groups in total. The predicted octanol–water partition coefficient (Wildman–Crippen LogP) is 6.72. The van der Waals surface area contributed by atoms with Crippen LogP contribution in [0, 0.1) is 46.3 Å². The Balaban J connectivity index is 1.62. The third-order valence-corrected chi connectivity index (χ3v) is 9.73. The van der Waals surface area contributed by atoms with Gasteiger partial charge in [-0.15, -0.1) is 0 Å². The number of carbonyl (C=O) groups is 2. The van der Waals surface area contributed by atoms with Gasteiger partial charge in [0.2, 0.25) is 0 Å². The molecule has 0 aliphatic heterocycles. The fourth-order valence-electron chi connectivity index (χ4n) is 7.35. The summed E-state index contributed by atoms with van der Waals surface area (Å²) < 4.78 is 0. The van der Waals surface area contributed by atoms with Gasteiger partial charge in [-0.3, -0.25) is 9.59 Å². The molecule has 30 heavy (non-hydrogen) atoms. The zero-order valence-electron chi connectivity index (χ0n) is 19.8. The fraction of sp³-hybridized carbons (Fsp3) is 0.714. The molecular weight excluding hydrogens is 368 g/mol. The van der Waals surface area contributed by atoms with Crippen LogP contribution in [0.1, 0.15) is 80.1 Å². The second-order valence-electron chi connectivity index (χ2n) is 11.6. The van der Waals surface area contributed by atoms with Gasteiger partial charge in [0, 0.05) is 17.4 Å². The van der Waals surface area contributed by atoms with Gasteiger partial charge in [0.25, 0.3) is 0 Å². The Morgan fingerprint density at radius 1 is 0.933 bits per heavy atom. The molecule has 0 spiro atoms. The first-order valence-electron chi connectivity index (χ1n) is 12.3. The fourth-order valence-corrected chi connectivity index (χ4v) is 7.35. The highest BCUT2D eigenvalue weighted by Crippen LogP contribution is 2.65. The van der Waals surface area contributed by atoms with E-state index in [9.17, 15) is 9.59 Å². The Labute approximate surface area is 183 Å². The van der Waals surface area contributed by atoms with Crippen LogP contribution in [0.5, 0.6) is 0 Å². The lowest BCUT2D eigenvalue weighted by molar-refractivity contribution is -0.119. The summed E-state index contributed by atoms with van der Waals surface area (Å²) in [6.07, 6.45) is 14.8. The van der Waals surface area contributed by atoms with E-state index in [1.807, 2.05) is 6.08 Å². The van der Waals surface area contributed by atoms with Crippen LogP contribution in [-0.4, -0.2) is 11.6 Å². The van der Waals surface area contributed by atoms with Crippen molar-refractivity contribution in [3.63, 3.8) is 0 Å². The molecule has 0 unspecified atom stereocenters. The van der Waals surface area contributed by atoms with Crippen molar-refractivity contribution in [2.24, 2.45) is 46.3 Å². The Hall–Kier alpha value is -1.44. The molecule has 2 saturated carbocycles. The summed E-state index contributed by atoms with van der Waals surface area (Å²) >= 11 is 0. The SMILES string of the molecule is CC(C)[C@@H](C)/C=C/[C@@H](C)[C@H]1CC[C@H]2C3=CC(=O)C4=CC(=O)CC[C@]4(C)[C@H]3CC[C@]12C. The van der Waals surface area contributed by atoms with Gasteiger partial charge in [0.05, 0.1) is 0 Å². The van der Waals surface area contributed by atoms with Crippen molar-refractivity contribution in [3.05, 3.63) is 35.5 Å². The van der Waals surface area contributed by atoms with Crippen molar-refractivity contribution >= 4 is 11.6 Å². The maximum Gasteiger partial charge on any atom is 0.182 e.